The zero-order valence-corrected chi connectivity index (χ0v) is 21.5. The molecular weight excluding hydrogens is 473 g/mol. The predicted octanol–water partition coefficient (Wildman–Crippen LogP) is -5.08. The molecule has 2 aliphatic carbocycles. The van der Waals surface area contributed by atoms with Crippen LogP contribution in [-0.2, 0) is 26.2 Å². The smallest absolute Gasteiger partial charge is 1.00 e. The first-order valence-electron chi connectivity index (χ1n) is 8.38. The summed E-state index contributed by atoms with van der Waals surface area (Å²) in [5.41, 5.74) is 6.15. The van der Waals surface area contributed by atoms with Crippen LogP contribution in [0, 0.1) is 0 Å². The van der Waals surface area contributed by atoms with Gasteiger partial charge in [0.1, 0.15) is 0 Å². The van der Waals surface area contributed by atoms with Gasteiger partial charge in [-0.2, -0.15) is 0 Å². The van der Waals surface area contributed by atoms with Crippen LogP contribution in [0.25, 0.3) is 0 Å². The Morgan fingerprint density at radius 1 is 0.680 bits per heavy atom. The van der Waals surface area contributed by atoms with Gasteiger partial charge in [0, 0.05) is 0 Å². The van der Waals surface area contributed by atoms with E-state index in [0.29, 0.717) is 0 Å². The largest absolute Gasteiger partial charge is 4.00 e. The van der Waals surface area contributed by atoms with Crippen molar-refractivity contribution >= 4 is 0 Å². The van der Waals surface area contributed by atoms with Crippen molar-refractivity contribution in [2.45, 2.75) is 79.1 Å². The van der Waals surface area contributed by atoms with Crippen molar-refractivity contribution in [2.75, 3.05) is 0 Å². The zero-order valence-electron chi connectivity index (χ0n) is 16.0. The summed E-state index contributed by atoms with van der Waals surface area (Å²) in [4.78, 5) is 0. The molecule has 0 atom stereocenters. The summed E-state index contributed by atoms with van der Waals surface area (Å²) >= 11 is 0. The first-order chi connectivity index (χ1) is 9.65. The molecule has 0 amide bonds. The van der Waals surface area contributed by atoms with E-state index in [9.17, 15) is 0 Å². The summed E-state index contributed by atoms with van der Waals surface area (Å²) in [6, 6.07) is 0. The fraction of sp³-hybridized carbons (Fsp3) is 0.600. The molecule has 0 aliphatic heterocycles. The topological polar surface area (TPSA) is 0 Å². The average Bonchev–Trinajstić information content (AvgIpc) is 3.03. The number of halogens is 4. The van der Waals surface area contributed by atoms with Crippen molar-refractivity contribution in [2.24, 2.45) is 0 Å². The maximum Gasteiger partial charge on any atom is 4.00 e. The van der Waals surface area contributed by atoms with Crippen LogP contribution in [0.3, 0.4) is 0 Å². The molecule has 2 rings (SSSR count). The second-order valence-electron chi connectivity index (χ2n) is 6.15. The molecule has 0 spiro atoms. The Balaban J connectivity index is -0.0000000889. The number of rotatable bonds is 6. The first kappa shape index (κ1) is 36.9. The van der Waals surface area contributed by atoms with Gasteiger partial charge in [-0.05, 0) is 52.4 Å². The van der Waals surface area contributed by atoms with Crippen LogP contribution < -0.4 is 49.6 Å². The molecule has 25 heavy (non-hydrogen) atoms. The van der Waals surface area contributed by atoms with E-state index < -0.39 is 0 Å². The summed E-state index contributed by atoms with van der Waals surface area (Å²) < 4.78 is 0. The summed E-state index contributed by atoms with van der Waals surface area (Å²) in [5.74, 6) is 0. The van der Waals surface area contributed by atoms with Crippen LogP contribution in [0.1, 0.15) is 79.1 Å². The minimum atomic E-state index is 0. The molecule has 2 aliphatic rings. The van der Waals surface area contributed by atoms with Gasteiger partial charge in [-0.15, -0.1) is 0 Å². The Bertz CT molecular complexity index is 383. The van der Waals surface area contributed by atoms with E-state index in [2.05, 4.69) is 52.0 Å². The third-order valence-electron chi connectivity index (χ3n) is 3.87. The third-order valence-corrected chi connectivity index (χ3v) is 3.87. The molecule has 0 bridgehead atoms. The van der Waals surface area contributed by atoms with Crippen molar-refractivity contribution in [3.63, 3.8) is 0 Å². The van der Waals surface area contributed by atoms with Gasteiger partial charge in [0.2, 0.25) is 0 Å². The zero-order chi connectivity index (χ0) is 14.8. The molecule has 0 aromatic heterocycles. The number of unbranched alkanes of at least 4 members (excludes halogenated alkanes) is 2. The van der Waals surface area contributed by atoms with Gasteiger partial charge >= 0.3 is 26.2 Å². The van der Waals surface area contributed by atoms with E-state index in [4.69, 9.17) is 0 Å². The number of hydrogen-bond donors (Lipinski definition) is 0. The van der Waals surface area contributed by atoms with Gasteiger partial charge in [-0.25, -0.2) is 0 Å². The van der Waals surface area contributed by atoms with Crippen LogP contribution in [0.4, 0.5) is 0 Å². The van der Waals surface area contributed by atoms with Gasteiger partial charge in [0.05, 0.1) is 0 Å². The molecule has 0 fully saturated rings. The van der Waals surface area contributed by atoms with Gasteiger partial charge in [0.25, 0.3) is 0 Å². The molecule has 0 N–H and O–H groups in total. The summed E-state index contributed by atoms with van der Waals surface area (Å²) in [5, 5.41) is 0. The maximum absolute atomic E-state index is 2.35. The second kappa shape index (κ2) is 23.0. The van der Waals surface area contributed by atoms with Gasteiger partial charge in [-0.1, -0.05) is 73.3 Å². The monoisotopic (exact) mass is 502 g/mol. The minimum Gasteiger partial charge on any atom is -1.00 e. The molecule has 0 saturated carbocycles. The van der Waals surface area contributed by atoms with Crippen LogP contribution in [0.15, 0.2) is 46.6 Å². The third kappa shape index (κ3) is 18.1. The van der Waals surface area contributed by atoms with Crippen LogP contribution in [0.2, 0.25) is 0 Å². The van der Waals surface area contributed by atoms with E-state index in [1.165, 1.54) is 62.5 Å². The standard InChI is InChI=1S/2C10H16.4ClH.Zr/c2*1-3-4-5-10-7-6-9(2)8-10;;;;;/h2*7-8H,3-6H2,1-2H3;4*1H;/q;;;;;;+4/p-4. The maximum atomic E-state index is 2.35. The Kier molecular flexibility index (Phi) is 34.0. The Hall–Kier alpha value is 1.00. The molecule has 0 aromatic rings. The molecule has 0 nitrogen and oxygen atoms in total. The second-order valence-corrected chi connectivity index (χ2v) is 6.15. The van der Waals surface area contributed by atoms with Crippen LogP contribution >= 0.6 is 0 Å². The van der Waals surface area contributed by atoms with Gasteiger partial charge in [0.15, 0.2) is 0 Å². The SMILES string of the molecule is CCCCC1=CCC(C)=C1.CCCCC1=CCC(C)=C1.[Cl-].[Cl-].[Cl-].[Cl-].[Zr+4]. The predicted molar refractivity (Wildman–Crippen MR) is 92.0 cm³/mol. The van der Waals surface area contributed by atoms with Crippen molar-refractivity contribution in [3.8, 4) is 0 Å². The molecule has 0 unspecified atom stereocenters. The molecule has 0 heterocycles. The Morgan fingerprint density at radius 2 is 1.00 bits per heavy atom. The van der Waals surface area contributed by atoms with E-state index in [-0.39, 0.29) is 75.8 Å². The van der Waals surface area contributed by atoms with E-state index in [1.807, 2.05) is 0 Å². The Labute approximate surface area is 200 Å². The number of allylic oxidation sites excluding steroid dienone is 8. The summed E-state index contributed by atoms with van der Waals surface area (Å²) in [6.45, 7) is 8.89. The van der Waals surface area contributed by atoms with Gasteiger partial charge < -0.3 is 49.6 Å². The van der Waals surface area contributed by atoms with Crippen molar-refractivity contribution < 1.29 is 75.8 Å². The van der Waals surface area contributed by atoms with E-state index in [0.717, 1.165) is 0 Å². The molecule has 5 heteroatoms. The Morgan fingerprint density at radius 3 is 1.20 bits per heavy atom. The fourth-order valence-electron chi connectivity index (χ4n) is 2.56. The van der Waals surface area contributed by atoms with E-state index in [1.54, 1.807) is 11.1 Å². The molecule has 0 aromatic carbocycles. The molecule has 0 saturated heterocycles. The first-order valence-corrected chi connectivity index (χ1v) is 8.38. The van der Waals surface area contributed by atoms with Crippen molar-refractivity contribution in [3.05, 3.63) is 46.6 Å². The van der Waals surface area contributed by atoms with Crippen LogP contribution in [0.5, 0.6) is 0 Å². The average molecular weight is 506 g/mol. The quantitative estimate of drug-likeness (QED) is 0.339. The normalized spacial score (nSPS) is 13.6. The van der Waals surface area contributed by atoms with E-state index >= 15 is 0 Å². The minimum absolute atomic E-state index is 0. The van der Waals surface area contributed by atoms with Crippen LogP contribution in [-0.4, -0.2) is 0 Å². The van der Waals surface area contributed by atoms with Crippen molar-refractivity contribution in [1.29, 1.82) is 0 Å². The fourth-order valence-corrected chi connectivity index (χ4v) is 2.56. The molecular formula is C20H32Cl4Zr. The number of hydrogen-bond acceptors (Lipinski definition) is 0. The summed E-state index contributed by atoms with van der Waals surface area (Å²) in [7, 11) is 0. The molecule has 144 valence electrons. The molecule has 0 radical (unpaired) electrons. The van der Waals surface area contributed by atoms with Gasteiger partial charge in [-0.3, -0.25) is 0 Å². The summed E-state index contributed by atoms with van der Waals surface area (Å²) in [6.07, 6.45) is 19.6. The van der Waals surface area contributed by atoms with Crippen molar-refractivity contribution in [1.82, 2.24) is 0 Å².